The molecule has 0 saturated heterocycles. The molecule has 1 aromatic carbocycles. The van der Waals surface area contributed by atoms with Crippen molar-refractivity contribution in [3.05, 3.63) is 57.0 Å². The second kappa shape index (κ2) is 5.36. The Morgan fingerprint density at radius 1 is 1.42 bits per heavy atom. The number of benzene rings is 1. The maximum absolute atomic E-state index is 12.0. The van der Waals surface area contributed by atoms with Gasteiger partial charge in [-0.3, -0.25) is 15.1 Å². The molecule has 1 heterocycles. The highest BCUT2D eigenvalue weighted by Gasteiger charge is 2.09. The molecule has 2 aromatic rings. The van der Waals surface area contributed by atoms with E-state index in [0.717, 1.165) is 11.1 Å². The van der Waals surface area contributed by atoms with E-state index in [2.05, 4.69) is 15.3 Å². The number of hydrogen-bond acceptors (Lipinski definition) is 4. The summed E-state index contributed by atoms with van der Waals surface area (Å²) < 4.78 is 0. The van der Waals surface area contributed by atoms with Crippen LogP contribution in [-0.4, -0.2) is 9.97 Å². The molecule has 96 valence electrons. The van der Waals surface area contributed by atoms with E-state index in [1.54, 1.807) is 13.1 Å². The van der Waals surface area contributed by atoms with Crippen LogP contribution in [0.3, 0.4) is 0 Å². The molecule has 1 aromatic heterocycles. The van der Waals surface area contributed by atoms with Crippen molar-refractivity contribution in [1.29, 1.82) is 5.26 Å². The van der Waals surface area contributed by atoms with Crippen LogP contribution in [0.2, 0.25) is 0 Å². The predicted octanol–water partition coefficient (Wildman–Crippen LogP) is 1.87. The van der Waals surface area contributed by atoms with E-state index in [1.165, 1.54) is 0 Å². The third-order valence-corrected chi connectivity index (χ3v) is 2.86. The molecule has 2 N–H and O–H groups in total. The van der Waals surface area contributed by atoms with E-state index in [9.17, 15) is 4.79 Å². The maximum atomic E-state index is 12.0. The molecule has 19 heavy (non-hydrogen) atoms. The van der Waals surface area contributed by atoms with Gasteiger partial charge in [0.2, 0.25) is 5.95 Å². The summed E-state index contributed by atoms with van der Waals surface area (Å²) in [4.78, 5) is 18.7. The van der Waals surface area contributed by atoms with Crippen molar-refractivity contribution < 1.29 is 0 Å². The van der Waals surface area contributed by atoms with Gasteiger partial charge < -0.3 is 0 Å². The van der Waals surface area contributed by atoms with E-state index in [1.807, 2.05) is 31.2 Å². The van der Waals surface area contributed by atoms with Crippen molar-refractivity contribution in [2.45, 2.75) is 20.3 Å². The lowest BCUT2D eigenvalue weighted by molar-refractivity contribution is 0.985. The first kappa shape index (κ1) is 12.8. The number of H-pyrrole nitrogens is 1. The monoisotopic (exact) mass is 254 g/mol. The zero-order chi connectivity index (χ0) is 13.8. The third kappa shape index (κ3) is 2.99. The lowest BCUT2D eigenvalue weighted by atomic mass is 10.0. The fourth-order valence-corrected chi connectivity index (χ4v) is 1.96. The molecule has 0 aliphatic carbocycles. The van der Waals surface area contributed by atoms with Crippen LogP contribution in [-0.2, 0) is 6.42 Å². The van der Waals surface area contributed by atoms with Gasteiger partial charge in [-0.2, -0.15) is 5.26 Å². The third-order valence-electron chi connectivity index (χ3n) is 2.86. The Bertz CT molecular complexity index is 697. The number of nitrogens with zero attached hydrogens (tertiary/aromatic N) is 2. The molecule has 0 radical (unpaired) electrons. The predicted molar refractivity (Wildman–Crippen MR) is 72.8 cm³/mol. The first-order valence-corrected chi connectivity index (χ1v) is 5.90. The Kier molecular flexibility index (Phi) is 3.62. The molecule has 5 nitrogen and oxygen atoms in total. The van der Waals surface area contributed by atoms with Crippen molar-refractivity contribution in [3.63, 3.8) is 0 Å². The van der Waals surface area contributed by atoms with Crippen molar-refractivity contribution in [1.82, 2.24) is 9.97 Å². The van der Waals surface area contributed by atoms with Crippen molar-refractivity contribution in [2.75, 3.05) is 5.32 Å². The van der Waals surface area contributed by atoms with Crippen LogP contribution in [0, 0.1) is 25.3 Å². The fraction of sp³-hybridized carbons (Fsp3) is 0.214. The molecule has 5 heteroatoms. The van der Waals surface area contributed by atoms with Crippen LogP contribution in [0.1, 0.15) is 22.4 Å². The number of anilines is 1. The summed E-state index contributed by atoms with van der Waals surface area (Å²) in [6.45, 7) is 3.78. The van der Waals surface area contributed by atoms with Crippen LogP contribution in [0.25, 0.3) is 0 Å². The molecule has 0 aliphatic heterocycles. The molecular weight excluding hydrogens is 240 g/mol. The Balaban J connectivity index is 2.36. The molecule has 0 atom stereocenters. The second-order valence-electron chi connectivity index (χ2n) is 4.38. The second-order valence-corrected chi connectivity index (χ2v) is 4.38. The average Bonchev–Trinajstić information content (AvgIpc) is 2.34. The van der Waals surface area contributed by atoms with Gasteiger partial charge in [0.15, 0.2) is 6.19 Å². The smallest absolute Gasteiger partial charge is 0.256 e. The van der Waals surface area contributed by atoms with Crippen molar-refractivity contribution in [2.24, 2.45) is 0 Å². The van der Waals surface area contributed by atoms with E-state index < -0.39 is 0 Å². The maximum Gasteiger partial charge on any atom is 0.256 e. The summed E-state index contributed by atoms with van der Waals surface area (Å²) >= 11 is 0. The Labute approximate surface area is 110 Å². The normalized spacial score (nSPS) is 9.95. The summed E-state index contributed by atoms with van der Waals surface area (Å²) in [6, 6.07) is 8.00. The lowest BCUT2D eigenvalue weighted by Gasteiger charge is -2.06. The van der Waals surface area contributed by atoms with Gasteiger partial charge in [-0.25, -0.2) is 4.98 Å². The summed E-state index contributed by atoms with van der Waals surface area (Å²) in [5, 5.41) is 10.8. The zero-order valence-corrected chi connectivity index (χ0v) is 10.8. The molecule has 0 amide bonds. The van der Waals surface area contributed by atoms with Gasteiger partial charge in [0.05, 0.1) is 5.69 Å². The number of aryl methyl sites for hydroxylation is 2. The summed E-state index contributed by atoms with van der Waals surface area (Å²) in [6.07, 6.45) is 2.26. The molecule has 2 rings (SSSR count). The van der Waals surface area contributed by atoms with Crippen LogP contribution in [0.5, 0.6) is 0 Å². The molecule has 0 spiro atoms. The number of nitriles is 1. The minimum atomic E-state index is -0.216. The molecule has 0 saturated carbocycles. The minimum absolute atomic E-state index is 0.179. The average molecular weight is 254 g/mol. The largest absolute Gasteiger partial charge is 0.292 e. The molecular formula is C14H14N4O. The summed E-state index contributed by atoms with van der Waals surface area (Å²) in [7, 11) is 0. The first-order chi connectivity index (χ1) is 9.10. The highest BCUT2D eigenvalue weighted by Crippen LogP contribution is 2.11. The number of nitrogens with one attached hydrogen (secondary N) is 2. The molecule has 0 aliphatic rings. The number of aromatic amines is 1. The Morgan fingerprint density at radius 3 is 2.84 bits per heavy atom. The van der Waals surface area contributed by atoms with Gasteiger partial charge in [0, 0.05) is 12.0 Å². The van der Waals surface area contributed by atoms with Gasteiger partial charge >= 0.3 is 0 Å². The lowest BCUT2D eigenvalue weighted by Crippen LogP contribution is -2.18. The van der Waals surface area contributed by atoms with Gasteiger partial charge in [0.1, 0.15) is 0 Å². The number of aromatic nitrogens is 2. The van der Waals surface area contributed by atoms with Crippen LogP contribution < -0.4 is 10.9 Å². The van der Waals surface area contributed by atoms with Crippen LogP contribution >= 0.6 is 0 Å². The quantitative estimate of drug-likeness (QED) is 0.647. The van der Waals surface area contributed by atoms with Crippen molar-refractivity contribution >= 4 is 5.95 Å². The summed E-state index contributed by atoms with van der Waals surface area (Å²) in [5.41, 5.74) is 3.25. The van der Waals surface area contributed by atoms with E-state index in [0.29, 0.717) is 17.7 Å². The van der Waals surface area contributed by atoms with E-state index in [4.69, 9.17) is 5.26 Å². The minimum Gasteiger partial charge on any atom is -0.292 e. The Hall–Kier alpha value is -2.61. The van der Waals surface area contributed by atoms with E-state index in [-0.39, 0.29) is 11.5 Å². The first-order valence-electron chi connectivity index (χ1n) is 5.90. The van der Waals surface area contributed by atoms with Gasteiger partial charge in [0.25, 0.3) is 5.56 Å². The van der Waals surface area contributed by atoms with E-state index >= 15 is 0 Å². The SMILES string of the molecule is Cc1cccc(Cc2c(C)nc(NC#N)[nH]c2=O)c1. The molecule has 0 fully saturated rings. The van der Waals surface area contributed by atoms with Gasteiger partial charge in [-0.1, -0.05) is 29.8 Å². The van der Waals surface area contributed by atoms with Crippen molar-refractivity contribution in [3.8, 4) is 6.19 Å². The van der Waals surface area contributed by atoms with Crippen LogP contribution in [0.4, 0.5) is 5.95 Å². The fourth-order valence-electron chi connectivity index (χ4n) is 1.96. The molecule has 0 bridgehead atoms. The highest BCUT2D eigenvalue weighted by atomic mass is 16.1. The van der Waals surface area contributed by atoms with Gasteiger partial charge in [-0.15, -0.1) is 0 Å². The zero-order valence-electron chi connectivity index (χ0n) is 10.8. The van der Waals surface area contributed by atoms with Crippen LogP contribution in [0.15, 0.2) is 29.1 Å². The standard InChI is InChI=1S/C14H14N4O/c1-9-4-3-5-11(6-9)7-12-10(2)17-14(16-8-15)18-13(12)19/h3-6H,7H2,1-2H3,(H2,16,17,18,19). The Morgan fingerprint density at radius 2 is 2.21 bits per heavy atom. The van der Waals surface area contributed by atoms with Gasteiger partial charge in [-0.05, 0) is 19.4 Å². The topological polar surface area (TPSA) is 81.6 Å². The number of rotatable bonds is 3. The molecule has 0 unspecified atom stereocenters. The number of hydrogen-bond donors (Lipinski definition) is 2. The summed E-state index contributed by atoms with van der Waals surface area (Å²) in [5.74, 6) is 0.179. The highest BCUT2D eigenvalue weighted by molar-refractivity contribution is 5.35.